The minimum Gasteiger partial charge on any atom is -0.388 e. The average Bonchev–Trinajstić information content (AvgIpc) is 2.72. The Hall–Kier alpha value is -2.26. The summed E-state index contributed by atoms with van der Waals surface area (Å²) in [5.41, 5.74) is 1.49. The maximum atomic E-state index is 12.2. The summed E-state index contributed by atoms with van der Waals surface area (Å²) in [4.78, 5) is 14.4. The van der Waals surface area contributed by atoms with E-state index in [2.05, 4.69) is 10.2 Å². The van der Waals surface area contributed by atoms with E-state index in [0.717, 1.165) is 31.5 Å². The fourth-order valence-corrected chi connectivity index (χ4v) is 4.14. The summed E-state index contributed by atoms with van der Waals surface area (Å²) in [7, 11) is -3.74. The van der Waals surface area contributed by atoms with E-state index in [1.807, 2.05) is 30.3 Å². The summed E-state index contributed by atoms with van der Waals surface area (Å²) in [5.74, 6) is 0.111. The maximum absolute atomic E-state index is 12.2. The molecular weight excluding hydrogens is 390 g/mol. The first-order chi connectivity index (χ1) is 13.8. The van der Waals surface area contributed by atoms with Crippen molar-refractivity contribution in [2.24, 2.45) is 11.1 Å². The smallest absolute Gasteiger partial charge is 0.238 e. The van der Waals surface area contributed by atoms with Gasteiger partial charge in [0.15, 0.2) is 0 Å². The zero-order chi connectivity index (χ0) is 20.9. The molecule has 1 saturated heterocycles. The second-order valence-corrected chi connectivity index (χ2v) is 8.96. The first-order valence-corrected chi connectivity index (χ1v) is 11.3. The Balaban J connectivity index is 1.41. The topological polar surface area (TPSA) is 113 Å². The molecule has 0 aromatic heterocycles. The van der Waals surface area contributed by atoms with Crippen molar-refractivity contribution in [3.63, 3.8) is 0 Å². The number of carbonyl (C=O) groups is 1. The fourth-order valence-electron chi connectivity index (χ4n) is 3.63. The molecule has 2 aromatic carbocycles. The minimum absolute atomic E-state index is 0.0102. The highest BCUT2D eigenvalue weighted by atomic mass is 32.2. The highest BCUT2D eigenvalue weighted by Crippen LogP contribution is 2.30. The van der Waals surface area contributed by atoms with Gasteiger partial charge in [0.2, 0.25) is 15.9 Å². The van der Waals surface area contributed by atoms with Crippen LogP contribution < -0.4 is 10.5 Å². The van der Waals surface area contributed by atoms with E-state index in [9.17, 15) is 18.3 Å². The molecule has 1 heterocycles. The number of sulfonamides is 1. The van der Waals surface area contributed by atoms with Crippen molar-refractivity contribution in [1.82, 2.24) is 4.90 Å². The van der Waals surface area contributed by atoms with Gasteiger partial charge in [-0.3, -0.25) is 4.79 Å². The average molecular weight is 418 g/mol. The van der Waals surface area contributed by atoms with Crippen LogP contribution in [0.2, 0.25) is 0 Å². The third-order valence-electron chi connectivity index (χ3n) is 5.34. The Bertz CT molecular complexity index is 909. The highest BCUT2D eigenvalue weighted by Gasteiger charge is 2.26. The molecule has 2 aromatic rings. The summed E-state index contributed by atoms with van der Waals surface area (Å²) in [6.45, 7) is 2.35. The normalized spacial score (nSPS) is 17.0. The molecule has 1 aliphatic heterocycles. The third kappa shape index (κ3) is 6.11. The Morgan fingerprint density at radius 1 is 1.10 bits per heavy atom. The second kappa shape index (κ2) is 9.49. The van der Waals surface area contributed by atoms with Crippen LogP contribution >= 0.6 is 0 Å². The number of piperidine rings is 1. The van der Waals surface area contributed by atoms with E-state index in [1.54, 1.807) is 0 Å². The number of nitrogens with zero attached hydrogens (tertiary/aromatic N) is 1. The number of primary sulfonamides is 1. The van der Waals surface area contributed by atoms with Gasteiger partial charge in [-0.2, -0.15) is 0 Å². The van der Waals surface area contributed by atoms with Crippen molar-refractivity contribution >= 4 is 21.6 Å². The third-order valence-corrected chi connectivity index (χ3v) is 6.27. The molecule has 29 heavy (non-hydrogen) atoms. The van der Waals surface area contributed by atoms with Crippen molar-refractivity contribution < 1.29 is 18.3 Å². The molecule has 1 aliphatic rings. The lowest BCUT2D eigenvalue weighted by Crippen LogP contribution is -2.37. The van der Waals surface area contributed by atoms with Crippen molar-refractivity contribution in [2.45, 2.75) is 30.3 Å². The van der Waals surface area contributed by atoms with E-state index in [0.29, 0.717) is 18.7 Å². The minimum atomic E-state index is -3.74. The van der Waals surface area contributed by atoms with E-state index >= 15 is 0 Å². The van der Waals surface area contributed by atoms with Crippen LogP contribution in [0.5, 0.6) is 0 Å². The molecule has 0 radical (unpaired) electrons. The summed E-state index contributed by atoms with van der Waals surface area (Å²) >= 11 is 0. The van der Waals surface area contributed by atoms with Gasteiger partial charge in [0.1, 0.15) is 0 Å². The zero-order valence-corrected chi connectivity index (χ0v) is 17.0. The number of aliphatic hydroxyl groups is 1. The van der Waals surface area contributed by atoms with Crippen LogP contribution in [0, 0.1) is 5.92 Å². The zero-order valence-electron chi connectivity index (χ0n) is 16.2. The molecular formula is C21H27N3O4S. The van der Waals surface area contributed by atoms with E-state index in [1.165, 1.54) is 24.3 Å². The van der Waals surface area contributed by atoms with E-state index < -0.39 is 16.1 Å². The Kier molecular flexibility index (Phi) is 7.02. The van der Waals surface area contributed by atoms with Gasteiger partial charge in [-0.15, -0.1) is 0 Å². The number of likely N-dealkylation sites (tertiary alicyclic amines) is 1. The van der Waals surface area contributed by atoms with Gasteiger partial charge in [-0.05, 0) is 61.7 Å². The largest absolute Gasteiger partial charge is 0.388 e. The highest BCUT2D eigenvalue weighted by molar-refractivity contribution is 7.89. The maximum Gasteiger partial charge on any atom is 0.238 e. The van der Waals surface area contributed by atoms with Crippen LogP contribution in [0.1, 0.15) is 30.9 Å². The second-order valence-electron chi connectivity index (χ2n) is 7.40. The standard InChI is InChI=1S/C21H27N3O4S/c22-29(27,28)19-8-6-18(7-9-19)23-20(25)12-15-24-13-10-17(11-14-24)21(26)16-4-2-1-3-5-16/h1-9,17,21,26H,10-15H2,(H,23,25)(H2,22,27,28). The number of anilines is 1. The van der Waals surface area contributed by atoms with Gasteiger partial charge >= 0.3 is 0 Å². The number of amides is 1. The molecule has 8 heteroatoms. The van der Waals surface area contributed by atoms with Crippen LogP contribution in [-0.4, -0.2) is 44.0 Å². The molecule has 0 aliphatic carbocycles. The van der Waals surface area contributed by atoms with Crippen molar-refractivity contribution in [3.05, 3.63) is 60.2 Å². The number of carbonyl (C=O) groups excluding carboxylic acids is 1. The van der Waals surface area contributed by atoms with Crippen LogP contribution in [0.4, 0.5) is 5.69 Å². The lowest BCUT2D eigenvalue weighted by atomic mass is 9.87. The van der Waals surface area contributed by atoms with E-state index in [-0.39, 0.29) is 16.7 Å². The van der Waals surface area contributed by atoms with Gasteiger partial charge < -0.3 is 15.3 Å². The number of nitrogens with two attached hydrogens (primary N) is 1. The number of nitrogens with one attached hydrogen (secondary N) is 1. The van der Waals surface area contributed by atoms with Gasteiger partial charge in [-0.1, -0.05) is 30.3 Å². The van der Waals surface area contributed by atoms with Crippen molar-refractivity contribution in [3.8, 4) is 0 Å². The summed E-state index contributed by atoms with van der Waals surface area (Å²) in [5, 5.41) is 18.4. The van der Waals surface area contributed by atoms with Crippen molar-refractivity contribution in [1.29, 1.82) is 0 Å². The molecule has 156 valence electrons. The summed E-state index contributed by atoms with van der Waals surface area (Å²) in [6, 6.07) is 15.5. The lowest BCUT2D eigenvalue weighted by molar-refractivity contribution is -0.116. The monoisotopic (exact) mass is 417 g/mol. The molecule has 0 bridgehead atoms. The molecule has 3 rings (SSSR count). The van der Waals surface area contributed by atoms with Gasteiger partial charge in [0.05, 0.1) is 11.0 Å². The molecule has 1 fully saturated rings. The SMILES string of the molecule is NS(=O)(=O)c1ccc(NC(=O)CCN2CCC(C(O)c3ccccc3)CC2)cc1. The number of benzene rings is 2. The first kappa shape index (κ1) is 21.4. The van der Waals surface area contributed by atoms with Gasteiger partial charge in [0.25, 0.3) is 0 Å². The molecule has 4 N–H and O–H groups in total. The molecule has 0 spiro atoms. The molecule has 1 atom stereocenters. The summed E-state index contributed by atoms with van der Waals surface area (Å²) < 4.78 is 22.5. The van der Waals surface area contributed by atoms with Gasteiger partial charge in [-0.25, -0.2) is 13.6 Å². The quantitative estimate of drug-likeness (QED) is 0.639. The van der Waals surface area contributed by atoms with Crippen LogP contribution in [0.25, 0.3) is 0 Å². The number of aliphatic hydroxyl groups excluding tert-OH is 1. The van der Waals surface area contributed by atoms with Crippen LogP contribution in [0.15, 0.2) is 59.5 Å². The lowest BCUT2D eigenvalue weighted by Gasteiger charge is -2.34. The van der Waals surface area contributed by atoms with Crippen LogP contribution in [-0.2, 0) is 14.8 Å². The van der Waals surface area contributed by atoms with Crippen LogP contribution in [0.3, 0.4) is 0 Å². The van der Waals surface area contributed by atoms with Crippen molar-refractivity contribution in [2.75, 3.05) is 25.0 Å². The molecule has 1 unspecified atom stereocenters. The Morgan fingerprint density at radius 2 is 1.72 bits per heavy atom. The first-order valence-electron chi connectivity index (χ1n) is 9.71. The van der Waals surface area contributed by atoms with Gasteiger partial charge in [0, 0.05) is 18.7 Å². The predicted octanol–water partition coefficient (Wildman–Crippen LogP) is 2.11. The molecule has 1 amide bonds. The number of hydrogen-bond donors (Lipinski definition) is 3. The predicted molar refractivity (Wildman–Crippen MR) is 112 cm³/mol. The Morgan fingerprint density at radius 3 is 2.31 bits per heavy atom. The fraction of sp³-hybridized carbons (Fsp3) is 0.381. The summed E-state index contributed by atoms with van der Waals surface area (Å²) in [6.07, 6.45) is 1.70. The van der Waals surface area contributed by atoms with E-state index in [4.69, 9.17) is 5.14 Å². The molecule has 0 saturated carbocycles. The number of hydrogen-bond acceptors (Lipinski definition) is 5. The number of rotatable bonds is 7. The Labute approximate surface area is 171 Å². The molecule has 7 nitrogen and oxygen atoms in total.